The molecule has 0 bridgehead atoms. The van der Waals surface area contributed by atoms with Gasteiger partial charge >= 0.3 is 0 Å². The number of ether oxygens (including phenoxy) is 2. The molecular formula is C14H9ClO3S. The van der Waals surface area contributed by atoms with E-state index < -0.39 is 0 Å². The van der Waals surface area contributed by atoms with Crippen LogP contribution in [0.4, 0.5) is 0 Å². The van der Waals surface area contributed by atoms with E-state index in [-0.39, 0.29) is 12.6 Å². The lowest BCUT2D eigenvalue weighted by Gasteiger charge is -1.97. The van der Waals surface area contributed by atoms with Crippen LogP contribution in [0.25, 0.3) is 6.08 Å². The summed E-state index contributed by atoms with van der Waals surface area (Å²) in [6.07, 6.45) is 3.28. The molecule has 0 fully saturated rings. The van der Waals surface area contributed by atoms with Crippen LogP contribution in [-0.2, 0) is 0 Å². The van der Waals surface area contributed by atoms with Gasteiger partial charge in [0.2, 0.25) is 6.79 Å². The quantitative estimate of drug-likeness (QED) is 0.633. The molecule has 5 heteroatoms. The van der Waals surface area contributed by atoms with Crippen molar-refractivity contribution >= 4 is 34.8 Å². The summed E-state index contributed by atoms with van der Waals surface area (Å²) in [6, 6.07) is 8.98. The van der Waals surface area contributed by atoms with E-state index in [4.69, 9.17) is 21.1 Å². The summed E-state index contributed by atoms with van der Waals surface area (Å²) < 4.78 is 11.1. The minimum atomic E-state index is -0.0606. The molecule has 0 N–H and O–H groups in total. The number of hydrogen-bond donors (Lipinski definition) is 0. The SMILES string of the molecule is O=C(/C=C/c1ccc2c(c1)OCO2)c1ccc(Cl)s1. The topological polar surface area (TPSA) is 35.5 Å². The molecule has 1 aromatic carbocycles. The monoisotopic (exact) mass is 292 g/mol. The van der Waals surface area contributed by atoms with Gasteiger partial charge in [-0.2, -0.15) is 0 Å². The molecule has 3 rings (SSSR count). The summed E-state index contributed by atoms with van der Waals surface area (Å²) >= 11 is 7.07. The third-order valence-corrected chi connectivity index (χ3v) is 3.89. The predicted octanol–water partition coefficient (Wildman–Crippen LogP) is 4.03. The van der Waals surface area contributed by atoms with Gasteiger partial charge in [0, 0.05) is 0 Å². The summed E-state index contributed by atoms with van der Waals surface area (Å²) in [5.41, 5.74) is 0.889. The predicted molar refractivity (Wildman–Crippen MR) is 75.3 cm³/mol. The second-order valence-corrected chi connectivity index (χ2v) is 5.63. The normalized spacial score (nSPS) is 13.1. The molecule has 1 aliphatic heterocycles. The molecule has 1 aliphatic rings. The molecule has 0 spiro atoms. The highest BCUT2D eigenvalue weighted by atomic mass is 35.5. The lowest BCUT2D eigenvalue weighted by Crippen LogP contribution is -1.92. The Labute approximate surface area is 119 Å². The standard InChI is InChI=1S/C14H9ClO3S/c15-14-6-5-13(19-14)10(16)3-1-9-2-4-11-12(7-9)18-8-17-11/h1-7H,8H2/b3-1+. The summed E-state index contributed by atoms with van der Waals surface area (Å²) in [6.45, 7) is 0.245. The minimum absolute atomic E-state index is 0.0606. The van der Waals surface area contributed by atoms with E-state index in [1.165, 1.54) is 17.4 Å². The van der Waals surface area contributed by atoms with Gasteiger partial charge in [0.1, 0.15) is 0 Å². The van der Waals surface area contributed by atoms with E-state index >= 15 is 0 Å². The van der Waals surface area contributed by atoms with Gasteiger partial charge in [0.25, 0.3) is 0 Å². The third-order valence-electron chi connectivity index (χ3n) is 2.64. The van der Waals surface area contributed by atoms with E-state index in [1.54, 1.807) is 18.2 Å². The molecule has 3 nitrogen and oxygen atoms in total. The molecule has 96 valence electrons. The Hall–Kier alpha value is -1.78. The van der Waals surface area contributed by atoms with Gasteiger partial charge in [-0.25, -0.2) is 0 Å². The zero-order chi connectivity index (χ0) is 13.2. The number of halogens is 1. The van der Waals surface area contributed by atoms with Crippen LogP contribution in [0, 0.1) is 0 Å². The molecule has 2 aromatic rings. The maximum Gasteiger partial charge on any atom is 0.231 e. The Bertz CT molecular complexity index is 660. The Morgan fingerprint density at radius 3 is 2.84 bits per heavy atom. The molecule has 0 aliphatic carbocycles. The van der Waals surface area contributed by atoms with E-state index in [0.717, 1.165) is 11.3 Å². The highest BCUT2D eigenvalue weighted by Gasteiger charge is 2.12. The fourth-order valence-corrected chi connectivity index (χ4v) is 2.68. The fourth-order valence-electron chi connectivity index (χ4n) is 1.72. The van der Waals surface area contributed by atoms with Crippen LogP contribution >= 0.6 is 22.9 Å². The highest BCUT2D eigenvalue weighted by Crippen LogP contribution is 2.32. The van der Waals surface area contributed by atoms with Crippen molar-refractivity contribution in [3.63, 3.8) is 0 Å². The van der Waals surface area contributed by atoms with Crippen molar-refractivity contribution in [1.82, 2.24) is 0 Å². The fraction of sp³-hybridized carbons (Fsp3) is 0.0714. The number of rotatable bonds is 3. The first-order valence-electron chi connectivity index (χ1n) is 5.60. The van der Waals surface area contributed by atoms with E-state index in [9.17, 15) is 4.79 Å². The van der Waals surface area contributed by atoms with E-state index in [2.05, 4.69) is 0 Å². The van der Waals surface area contributed by atoms with E-state index in [0.29, 0.717) is 15.0 Å². The van der Waals surface area contributed by atoms with Crippen LogP contribution in [-0.4, -0.2) is 12.6 Å². The summed E-state index contributed by atoms with van der Waals surface area (Å²) in [7, 11) is 0. The Morgan fingerprint density at radius 1 is 1.21 bits per heavy atom. The molecule has 0 atom stereocenters. The van der Waals surface area contributed by atoms with Crippen LogP contribution in [0.1, 0.15) is 15.2 Å². The first-order chi connectivity index (χ1) is 9.22. The average molecular weight is 293 g/mol. The van der Waals surface area contributed by atoms with Crippen molar-refractivity contribution in [3.8, 4) is 11.5 Å². The number of thiophene rings is 1. The highest BCUT2D eigenvalue weighted by molar-refractivity contribution is 7.18. The van der Waals surface area contributed by atoms with Crippen LogP contribution in [0.2, 0.25) is 4.34 Å². The number of carbonyl (C=O) groups is 1. The zero-order valence-electron chi connectivity index (χ0n) is 9.76. The second-order valence-electron chi connectivity index (χ2n) is 3.91. The van der Waals surface area contributed by atoms with Crippen molar-refractivity contribution in [2.24, 2.45) is 0 Å². The second kappa shape index (κ2) is 5.07. The summed E-state index contributed by atoms with van der Waals surface area (Å²) in [4.78, 5) is 12.5. The molecule has 2 heterocycles. The van der Waals surface area contributed by atoms with Crippen molar-refractivity contribution in [3.05, 3.63) is 51.2 Å². The van der Waals surface area contributed by atoms with Crippen molar-refractivity contribution in [2.75, 3.05) is 6.79 Å². The Morgan fingerprint density at radius 2 is 2.05 bits per heavy atom. The van der Waals surface area contributed by atoms with E-state index in [1.807, 2.05) is 18.2 Å². The van der Waals surface area contributed by atoms with Crippen LogP contribution < -0.4 is 9.47 Å². The Kier molecular flexibility index (Phi) is 3.27. The number of carbonyl (C=O) groups excluding carboxylic acids is 1. The van der Waals surface area contributed by atoms with Gasteiger partial charge < -0.3 is 9.47 Å². The van der Waals surface area contributed by atoms with Crippen LogP contribution in [0.5, 0.6) is 11.5 Å². The van der Waals surface area contributed by atoms with Gasteiger partial charge in [-0.1, -0.05) is 23.7 Å². The molecule has 19 heavy (non-hydrogen) atoms. The smallest absolute Gasteiger partial charge is 0.231 e. The molecule has 0 saturated heterocycles. The number of benzene rings is 1. The molecule has 0 saturated carbocycles. The van der Waals surface area contributed by atoms with Gasteiger partial charge in [-0.05, 0) is 35.9 Å². The number of fused-ring (bicyclic) bond motifs is 1. The van der Waals surface area contributed by atoms with Crippen molar-refractivity contribution in [2.45, 2.75) is 0 Å². The average Bonchev–Trinajstić information content (AvgIpc) is 3.03. The molecular weight excluding hydrogens is 284 g/mol. The lowest BCUT2D eigenvalue weighted by molar-refractivity contribution is 0.105. The maximum atomic E-state index is 11.9. The maximum absolute atomic E-state index is 11.9. The van der Waals surface area contributed by atoms with Gasteiger partial charge in [0.15, 0.2) is 17.3 Å². The molecule has 0 unspecified atom stereocenters. The lowest BCUT2D eigenvalue weighted by atomic mass is 10.1. The van der Waals surface area contributed by atoms with Crippen LogP contribution in [0.15, 0.2) is 36.4 Å². The first-order valence-corrected chi connectivity index (χ1v) is 6.79. The minimum Gasteiger partial charge on any atom is -0.454 e. The van der Waals surface area contributed by atoms with Gasteiger partial charge in [-0.15, -0.1) is 11.3 Å². The first kappa shape index (κ1) is 12.3. The van der Waals surface area contributed by atoms with Crippen molar-refractivity contribution < 1.29 is 14.3 Å². The Balaban J connectivity index is 1.77. The number of hydrogen-bond acceptors (Lipinski definition) is 4. The largest absolute Gasteiger partial charge is 0.454 e. The molecule has 0 amide bonds. The number of ketones is 1. The molecule has 0 radical (unpaired) electrons. The van der Waals surface area contributed by atoms with Crippen LogP contribution in [0.3, 0.4) is 0 Å². The summed E-state index contributed by atoms with van der Waals surface area (Å²) in [5, 5.41) is 0. The summed E-state index contributed by atoms with van der Waals surface area (Å²) in [5.74, 6) is 1.37. The third kappa shape index (κ3) is 2.64. The van der Waals surface area contributed by atoms with Gasteiger partial charge in [0.05, 0.1) is 9.21 Å². The van der Waals surface area contributed by atoms with Crippen molar-refractivity contribution in [1.29, 1.82) is 0 Å². The molecule has 1 aromatic heterocycles. The number of allylic oxidation sites excluding steroid dienone is 1. The van der Waals surface area contributed by atoms with Gasteiger partial charge in [-0.3, -0.25) is 4.79 Å². The zero-order valence-corrected chi connectivity index (χ0v) is 11.3.